The zero-order valence-electron chi connectivity index (χ0n) is 6.87. The van der Waals surface area contributed by atoms with Crippen molar-refractivity contribution in [2.24, 2.45) is 0 Å². The van der Waals surface area contributed by atoms with E-state index < -0.39 is 4.65 Å². The number of carbonyl (C=O) groups excluding carboxylic acids is 1. The molecule has 1 unspecified atom stereocenters. The maximum atomic E-state index is 11.8. The third kappa shape index (κ3) is 1.22. The maximum Gasteiger partial charge on any atom is 0.347 e. The van der Waals surface area contributed by atoms with Crippen LogP contribution in [0.15, 0.2) is 24.3 Å². The van der Waals surface area contributed by atoms with Crippen LogP contribution >= 0.6 is 15.9 Å². The molecule has 0 radical (unpaired) electrons. The molecular formula is C9H8BrNO2. The molecule has 1 aromatic rings. The smallest absolute Gasteiger partial charge is 0.347 e. The highest BCUT2D eigenvalue weighted by Crippen LogP contribution is 2.29. The SMILES string of the molecule is O=C1c2ccccc2C[N+]1([O-])CBr. The third-order valence-corrected chi connectivity index (χ3v) is 3.05. The zero-order valence-corrected chi connectivity index (χ0v) is 8.45. The van der Waals surface area contributed by atoms with Crippen molar-refractivity contribution >= 4 is 21.8 Å². The number of fused-ring (bicyclic) bond motifs is 1. The third-order valence-electron chi connectivity index (χ3n) is 2.24. The number of benzene rings is 1. The van der Waals surface area contributed by atoms with Crippen molar-refractivity contribution < 1.29 is 9.44 Å². The molecule has 1 aromatic carbocycles. The van der Waals surface area contributed by atoms with Crippen LogP contribution in [-0.4, -0.2) is 16.0 Å². The Hall–Kier alpha value is -0.710. The monoisotopic (exact) mass is 241 g/mol. The topological polar surface area (TPSA) is 40.1 Å². The molecule has 0 saturated heterocycles. The van der Waals surface area contributed by atoms with Crippen LogP contribution in [0.3, 0.4) is 0 Å². The molecule has 0 spiro atoms. The predicted molar refractivity (Wildman–Crippen MR) is 51.9 cm³/mol. The van der Waals surface area contributed by atoms with Gasteiger partial charge in [0.15, 0.2) is 0 Å². The Labute approximate surface area is 84.3 Å². The molecule has 0 fully saturated rings. The average Bonchev–Trinajstić information content (AvgIpc) is 2.41. The van der Waals surface area contributed by atoms with Gasteiger partial charge in [-0.05, 0) is 22.0 Å². The summed E-state index contributed by atoms with van der Waals surface area (Å²) in [7, 11) is 0. The second-order valence-electron chi connectivity index (χ2n) is 3.13. The first-order valence-electron chi connectivity index (χ1n) is 3.94. The Balaban J connectivity index is 2.50. The van der Waals surface area contributed by atoms with Gasteiger partial charge in [-0.1, -0.05) is 18.2 Å². The van der Waals surface area contributed by atoms with Crippen LogP contribution in [0.25, 0.3) is 0 Å². The molecule has 68 valence electrons. The summed E-state index contributed by atoms with van der Waals surface area (Å²) in [6.07, 6.45) is 0. The summed E-state index contributed by atoms with van der Waals surface area (Å²) in [5, 5.41) is 11.8. The fourth-order valence-electron chi connectivity index (χ4n) is 1.53. The number of amides is 1. The van der Waals surface area contributed by atoms with Crippen LogP contribution in [0.4, 0.5) is 0 Å². The molecule has 0 saturated carbocycles. The van der Waals surface area contributed by atoms with Gasteiger partial charge in [-0.2, -0.15) is 0 Å². The molecule has 4 heteroatoms. The lowest BCUT2D eigenvalue weighted by atomic mass is 10.1. The predicted octanol–water partition coefficient (Wildman–Crippen LogP) is 2.01. The molecule has 1 atom stereocenters. The molecule has 1 heterocycles. The minimum atomic E-state index is -0.806. The van der Waals surface area contributed by atoms with Crippen LogP contribution < -0.4 is 0 Å². The number of rotatable bonds is 1. The minimum absolute atomic E-state index is 0.126. The molecular weight excluding hydrogens is 234 g/mol. The van der Waals surface area contributed by atoms with Gasteiger partial charge in [-0.15, -0.1) is 0 Å². The van der Waals surface area contributed by atoms with E-state index in [1.807, 2.05) is 12.1 Å². The summed E-state index contributed by atoms with van der Waals surface area (Å²) in [4.78, 5) is 11.6. The Kier molecular flexibility index (Phi) is 1.98. The standard InChI is InChI=1S/C9H8BrNO2/c10-6-11(13)5-7-3-1-2-4-8(7)9(11)12/h1-4H,5-6H2. The lowest BCUT2D eigenvalue weighted by Crippen LogP contribution is -2.40. The number of nitrogens with zero attached hydrogens (tertiary/aromatic N) is 1. The van der Waals surface area contributed by atoms with E-state index in [2.05, 4.69) is 15.9 Å². The first kappa shape index (κ1) is 8.87. The van der Waals surface area contributed by atoms with Gasteiger partial charge >= 0.3 is 5.91 Å². The fraction of sp³-hybridized carbons (Fsp3) is 0.222. The number of hydrogen-bond acceptors (Lipinski definition) is 2. The summed E-state index contributed by atoms with van der Waals surface area (Å²) >= 11 is 3.07. The Morgan fingerprint density at radius 1 is 1.46 bits per heavy atom. The largest absolute Gasteiger partial charge is 0.624 e. The van der Waals surface area contributed by atoms with Crippen molar-refractivity contribution in [2.45, 2.75) is 6.54 Å². The molecule has 13 heavy (non-hydrogen) atoms. The minimum Gasteiger partial charge on any atom is -0.624 e. The number of carbonyl (C=O) groups is 1. The molecule has 2 rings (SSSR count). The quantitative estimate of drug-likeness (QED) is 0.327. The molecule has 3 nitrogen and oxygen atoms in total. The normalized spacial score (nSPS) is 26.2. The van der Waals surface area contributed by atoms with Crippen LogP contribution in [0.2, 0.25) is 0 Å². The van der Waals surface area contributed by atoms with Crippen LogP contribution in [-0.2, 0) is 6.54 Å². The summed E-state index contributed by atoms with van der Waals surface area (Å²) in [6, 6.07) is 7.16. The van der Waals surface area contributed by atoms with E-state index in [9.17, 15) is 10.0 Å². The Morgan fingerprint density at radius 3 is 2.77 bits per heavy atom. The lowest BCUT2D eigenvalue weighted by Gasteiger charge is -2.32. The van der Waals surface area contributed by atoms with Gasteiger partial charge in [-0.3, -0.25) is 4.65 Å². The number of hydrogen-bond donors (Lipinski definition) is 0. The van der Waals surface area contributed by atoms with Gasteiger partial charge in [-0.25, -0.2) is 4.79 Å². The van der Waals surface area contributed by atoms with E-state index in [0.717, 1.165) is 5.56 Å². The zero-order chi connectivity index (χ0) is 9.47. The average molecular weight is 242 g/mol. The van der Waals surface area contributed by atoms with Crippen molar-refractivity contribution in [1.29, 1.82) is 0 Å². The second kappa shape index (κ2) is 2.90. The summed E-state index contributed by atoms with van der Waals surface area (Å²) in [5.74, 6) is -0.340. The van der Waals surface area contributed by atoms with Crippen molar-refractivity contribution in [3.05, 3.63) is 40.6 Å². The Bertz CT molecular complexity index is 366. The summed E-state index contributed by atoms with van der Waals surface area (Å²) in [6.45, 7) is 0.250. The first-order valence-corrected chi connectivity index (χ1v) is 5.06. The molecule has 0 bridgehead atoms. The van der Waals surface area contributed by atoms with Crippen LogP contribution in [0, 0.1) is 5.21 Å². The number of halogens is 1. The van der Waals surface area contributed by atoms with Crippen molar-refractivity contribution in [3.8, 4) is 0 Å². The van der Waals surface area contributed by atoms with Gasteiger partial charge in [0, 0.05) is 5.56 Å². The van der Waals surface area contributed by atoms with E-state index in [1.54, 1.807) is 12.1 Å². The fourth-order valence-corrected chi connectivity index (χ4v) is 1.93. The number of alkyl halides is 1. The van der Waals surface area contributed by atoms with Crippen LogP contribution in [0.5, 0.6) is 0 Å². The highest BCUT2D eigenvalue weighted by molar-refractivity contribution is 9.09. The molecule has 0 N–H and O–H groups in total. The van der Waals surface area contributed by atoms with Crippen LogP contribution in [0.1, 0.15) is 15.9 Å². The molecule has 1 aliphatic rings. The van der Waals surface area contributed by atoms with E-state index in [0.29, 0.717) is 5.56 Å². The Morgan fingerprint density at radius 2 is 2.15 bits per heavy atom. The van der Waals surface area contributed by atoms with Gasteiger partial charge in [0.2, 0.25) is 0 Å². The van der Waals surface area contributed by atoms with E-state index >= 15 is 0 Å². The molecule has 0 aliphatic carbocycles. The van der Waals surface area contributed by atoms with Gasteiger partial charge in [0.25, 0.3) is 0 Å². The van der Waals surface area contributed by atoms with E-state index in [4.69, 9.17) is 0 Å². The van der Waals surface area contributed by atoms with Crippen molar-refractivity contribution in [2.75, 3.05) is 5.45 Å². The highest BCUT2D eigenvalue weighted by Gasteiger charge is 2.37. The van der Waals surface area contributed by atoms with Gasteiger partial charge in [0.1, 0.15) is 12.0 Å². The van der Waals surface area contributed by atoms with Crippen molar-refractivity contribution in [3.63, 3.8) is 0 Å². The lowest BCUT2D eigenvalue weighted by molar-refractivity contribution is -0.791. The summed E-state index contributed by atoms with van der Waals surface area (Å²) < 4.78 is -0.806. The summed E-state index contributed by atoms with van der Waals surface area (Å²) in [5.41, 5.74) is 1.54. The maximum absolute atomic E-state index is 11.8. The van der Waals surface area contributed by atoms with E-state index in [1.165, 1.54) is 0 Å². The highest BCUT2D eigenvalue weighted by atomic mass is 79.9. The molecule has 0 aromatic heterocycles. The van der Waals surface area contributed by atoms with Crippen molar-refractivity contribution in [1.82, 2.24) is 0 Å². The number of quaternary nitrogens is 1. The second-order valence-corrected chi connectivity index (χ2v) is 3.63. The van der Waals surface area contributed by atoms with Gasteiger partial charge < -0.3 is 5.21 Å². The number of hydroxylamine groups is 3. The van der Waals surface area contributed by atoms with E-state index in [-0.39, 0.29) is 17.9 Å². The molecule has 1 amide bonds. The molecule has 1 aliphatic heterocycles. The van der Waals surface area contributed by atoms with Gasteiger partial charge in [0.05, 0.1) is 5.56 Å². The first-order chi connectivity index (χ1) is 6.17.